The predicted molar refractivity (Wildman–Crippen MR) is 77.4 cm³/mol. The van der Waals surface area contributed by atoms with Gasteiger partial charge in [0.05, 0.1) is 18.0 Å². The van der Waals surface area contributed by atoms with Gasteiger partial charge < -0.3 is 20.4 Å². The number of hydrogen-bond acceptors (Lipinski definition) is 4. The molecule has 0 saturated carbocycles. The lowest BCUT2D eigenvalue weighted by Crippen LogP contribution is -2.10. The maximum Gasteiger partial charge on any atom is 0.167 e. The fourth-order valence-electron chi connectivity index (χ4n) is 1.93. The van der Waals surface area contributed by atoms with E-state index in [4.69, 9.17) is 10.5 Å². The van der Waals surface area contributed by atoms with Crippen molar-refractivity contribution < 1.29 is 9.13 Å². The van der Waals surface area contributed by atoms with Gasteiger partial charge in [-0.15, -0.1) is 0 Å². The van der Waals surface area contributed by atoms with Crippen LogP contribution in [0, 0.1) is 5.82 Å². The molecule has 0 atom stereocenters. The smallest absolute Gasteiger partial charge is 0.167 e. The molecule has 0 unspecified atom stereocenters. The molecule has 0 aliphatic heterocycles. The van der Waals surface area contributed by atoms with E-state index in [1.165, 1.54) is 6.07 Å². The summed E-state index contributed by atoms with van der Waals surface area (Å²) in [7, 11) is 1.95. The Morgan fingerprint density at radius 2 is 2.25 bits per heavy atom. The van der Waals surface area contributed by atoms with Crippen molar-refractivity contribution in [1.82, 2.24) is 9.55 Å². The molecule has 0 bridgehead atoms. The van der Waals surface area contributed by atoms with Gasteiger partial charge in [0.1, 0.15) is 5.82 Å². The van der Waals surface area contributed by atoms with Crippen LogP contribution in [0.15, 0.2) is 24.5 Å². The van der Waals surface area contributed by atoms with Crippen LogP contribution in [0.4, 0.5) is 15.8 Å². The van der Waals surface area contributed by atoms with Crippen molar-refractivity contribution in [2.24, 2.45) is 7.05 Å². The molecule has 2 aromatic rings. The van der Waals surface area contributed by atoms with Crippen molar-refractivity contribution in [2.75, 3.05) is 24.2 Å². The maximum atomic E-state index is 13.6. The van der Waals surface area contributed by atoms with Gasteiger partial charge in [0.25, 0.3) is 0 Å². The van der Waals surface area contributed by atoms with Crippen LogP contribution in [0.3, 0.4) is 0 Å². The van der Waals surface area contributed by atoms with E-state index in [0.29, 0.717) is 24.5 Å². The SMILES string of the molecule is CCOc1cc(NCCc2nccn2C)c(N)cc1F. The topological polar surface area (TPSA) is 65.1 Å². The third-order valence-corrected chi connectivity index (χ3v) is 2.99. The van der Waals surface area contributed by atoms with Gasteiger partial charge in [-0.2, -0.15) is 0 Å². The van der Waals surface area contributed by atoms with E-state index in [0.717, 1.165) is 12.2 Å². The Kier molecular flexibility index (Phi) is 4.45. The number of benzene rings is 1. The van der Waals surface area contributed by atoms with E-state index in [1.54, 1.807) is 12.3 Å². The van der Waals surface area contributed by atoms with Gasteiger partial charge in [-0.05, 0) is 6.92 Å². The molecule has 1 aromatic carbocycles. The first-order chi connectivity index (χ1) is 9.61. The first-order valence-corrected chi connectivity index (χ1v) is 6.53. The van der Waals surface area contributed by atoms with Crippen molar-refractivity contribution in [3.05, 3.63) is 36.2 Å². The number of aromatic nitrogens is 2. The van der Waals surface area contributed by atoms with E-state index in [9.17, 15) is 4.39 Å². The monoisotopic (exact) mass is 278 g/mol. The molecule has 1 heterocycles. The molecule has 0 aliphatic carbocycles. The molecule has 2 rings (SSSR count). The highest BCUT2D eigenvalue weighted by Crippen LogP contribution is 2.28. The van der Waals surface area contributed by atoms with Crippen LogP contribution in [-0.4, -0.2) is 22.7 Å². The number of rotatable bonds is 6. The van der Waals surface area contributed by atoms with Crippen LogP contribution < -0.4 is 15.8 Å². The molecule has 108 valence electrons. The zero-order valence-electron chi connectivity index (χ0n) is 11.7. The zero-order chi connectivity index (χ0) is 14.5. The van der Waals surface area contributed by atoms with Crippen molar-refractivity contribution in [2.45, 2.75) is 13.3 Å². The third-order valence-electron chi connectivity index (χ3n) is 2.99. The van der Waals surface area contributed by atoms with Gasteiger partial charge >= 0.3 is 0 Å². The average molecular weight is 278 g/mol. The molecule has 0 radical (unpaired) electrons. The number of nitrogens with two attached hydrogens (primary N) is 1. The van der Waals surface area contributed by atoms with E-state index in [-0.39, 0.29) is 5.75 Å². The molecule has 0 aliphatic rings. The summed E-state index contributed by atoms with van der Waals surface area (Å²) in [4.78, 5) is 4.24. The molecule has 0 amide bonds. The van der Waals surface area contributed by atoms with Crippen molar-refractivity contribution in [3.63, 3.8) is 0 Å². The van der Waals surface area contributed by atoms with Gasteiger partial charge in [0, 0.05) is 44.5 Å². The summed E-state index contributed by atoms with van der Waals surface area (Å²) >= 11 is 0. The van der Waals surface area contributed by atoms with Crippen LogP contribution in [0.25, 0.3) is 0 Å². The van der Waals surface area contributed by atoms with Gasteiger partial charge in [0.15, 0.2) is 11.6 Å². The first kappa shape index (κ1) is 14.2. The summed E-state index contributed by atoms with van der Waals surface area (Å²) in [5.41, 5.74) is 6.83. The number of nitrogens with one attached hydrogen (secondary N) is 1. The van der Waals surface area contributed by atoms with Crippen LogP contribution in [0.1, 0.15) is 12.7 Å². The molecule has 1 aromatic heterocycles. The average Bonchev–Trinajstić information content (AvgIpc) is 2.81. The van der Waals surface area contributed by atoms with E-state index in [1.807, 2.05) is 24.7 Å². The van der Waals surface area contributed by atoms with Gasteiger partial charge in [0.2, 0.25) is 0 Å². The Morgan fingerprint density at radius 3 is 2.90 bits per heavy atom. The molecule has 0 spiro atoms. The fraction of sp³-hybridized carbons (Fsp3) is 0.357. The summed E-state index contributed by atoms with van der Waals surface area (Å²) in [6.07, 6.45) is 4.41. The van der Waals surface area contributed by atoms with Crippen LogP contribution in [0.2, 0.25) is 0 Å². The van der Waals surface area contributed by atoms with Gasteiger partial charge in [-0.25, -0.2) is 9.37 Å². The van der Waals surface area contributed by atoms with Crippen LogP contribution >= 0.6 is 0 Å². The number of halogens is 1. The number of nitrogens with zero attached hydrogens (tertiary/aromatic N) is 2. The van der Waals surface area contributed by atoms with Gasteiger partial charge in [-0.3, -0.25) is 0 Å². The molecular weight excluding hydrogens is 259 g/mol. The van der Waals surface area contributed by atoms with E-state index < -0.39 is 5.82 Å². The molecule has 0 fully saturated rings. The number of nitrogen functional groups attached to an aromatic ring is 1. The van der Waals surface area contributed by atoms with Crippen molar-refractivity contribution in [3.8, 4) is 5.75 Å². The second-order valence-corrected chi connectivity index (χ2v) is 4.43. The summed E-state index contributed by atoms with van der Waals surface area (Å²) in [5, 5.41) is 3.18. The third kappa shape index (κ3) is 3.20. The lowest BCUT2D eigenvalue weighted by molar-refractivity contribution is 0.322. The second kappa shape index (κ2) is 6.27. The molecular formula is C14H19FN4O. The Bertz CT molecular complexity index is 583. The minimum Gasteiger partial charge on any atom is -0.491 e. The molecule has 0 saturated heterocycles. The predicted octanol–water partition coefficient (Wildman–Crippen LogP) is 2.19. The van der Waals surface area contributed by atoms with Crippen LogP contribution in [0.5, 0.6) is 5.75 Å². The van der Waals surface area contributed by atoms with E-state index in [2.05, 4.69) is 10.3 Å². The molecule has 5 nitrogen and oxygen atoms in total. The van der Waals surface area contributed by atoms with Crippen molar-refractivity contribution >= 4 is 11.4 Å². The van der Waals surface area contributed by atoms with Crippen molar-refractivity contribution in [1.29, 1.82) is 0 Å². The summed E-state index contributed by atoms with van der Waals surface area (Å²) in [5.74, 6) is 0.739. The minimum absolute atomic E-state index is 0.209. The minimum atomic E-state index is -0.445. The Morgan fingerprint density at radius 1 is 1.45 bits per heavy atom. The quantitative estimate of drug-likeness (QED) is 0.795. The maximum absolute atomic E-state index is 13.6. The zero-order valence-corrected chi connectivity index (χ0v) is 11.7. The normalized spacial score (nSPS) is 10.6. The molecule has 3 N–H and O–H groups in total. The standard InChI is InChI=1S/C14H19FN4O/c1-3-20-13-9-12(11(16)8-10(13)15)17-5-4-14-18-6-7-19(14)2/h6-9,17H,3-5,16H2,1-2H3. The fourth-order valence-corrected chi connectivity index (χ4v) is 1.93. The lowest BCUT2D eigenvalue weighted by Gasteiger charge is -2.12. The highest BCUT2D eigenvalue weighted by Gasteiger charge is 2.09. The Hall–Kier alpha value is -2.24. The van der Waals surface area contributed by atoms with Gasteiger partial charge in [-0.1, -0.05) is 0 Å². The molecule has 20 heavy (non-hydrogen) atoms. The first-order valence-electron chi connectivity index (χ1n) is 6.53. The highest BCUT2D eigenvalue weighted by atomic mass is 19.1. The number of anilines is 2. The largest absolute Gasteiger partial charge is 0.491 e. The Balaban J connectivity index is 2.02. The highest BCUT2D eigenvalue weighted by molar-refractivity contribution is 5.68. The Labute approximate surface area is 117 Å². The lowest BCUT2D eigenvalue weighted by atomic mass is 10.2. The number of ether oxygens (including phenoxy) is 1. The second-order valence-electron chi connectivity index (χ2n) is 4.43. The number of hydrogen-bond donors (Lipinski definition) is 2. The van der Waals surface area contributed by atoms with E-state index >= 15 is 0 Å². The van der Waals surface area contributed by atoms with Crippen LogP contribution in [-0.2, 0) is 13.5 Å². The summed E-state index contributed by atoms with van der Waals surface area (Å²) < 4.78 is 20.7. The summed E-state index contributed by atoms with van der Waals surface area (Å²) in [6, 6.07) is 2.86. The summed E-state index contributed by atoms with van der Waals surface area (Å²) in [6.45, 7) is 2.88. The molecule has 6 heteroatoms. The number of aryl methyl sites for hydroxylation is 1. The number of imidazole rings is 1.